The van der Waals surface area contributed by atoms with Gasteiger partial charge in [-0.05, 0) is 19.8 Å². The molecule has 0 fully saturated rings. The first-order chi connectivity index (χ1) is 8.58. The molecule has 5 heteroatoms. The first-order valence-electron chi connectivity index (χ1n) is 6.24. The molecular weight excluding hydrogens is 228 g/mol. The van der Waals surface area contributed by atoms with Gasteiger partial charge in [0.25, 0.3) is 0 Å². The van der Waals surface area contributed by atoms with E-state index in [0.29, 0.717) is 5.92 Å². The van der Waals surface area contributed by atoms with Gasteiger partial charge in [-0.3, -0.25) is 0 Å². The van der Waals surface area contributed by atoms with Gasteiger partial charge in [0, 0.05) is 24.5 Å². The Hall–Kier alpha value is -1.78. The SMILES string of the molecule is Cc1noc(C)c1Cn1ccnc1NCC(C)C. The minimum absolute atomic E-state index is 0.592. The second kappa shape index (κ2) is 5.25. The van der Waals surface area contributed by atoms with Crippen LogP contribution in [0.3, 0.4) is 0 Å². The molecule has 0 saturated heterocycles. The Bertz CT molecular complexity index is 493. The Morgan fingerprint density at radius 3 is 2.78 bits per heavy atom. The van der Waals surface area contributed by atoms with Crippen molar-refractivity contribution in [1.82, 2.24) is 14.7 Å². The summed E-state index contributed by atoms with van der Waals surface area (Å²) in [5.74, 6) is 2.36. The van der Waals surface area contributed by atoms with Crippen molar-refractivity contribution in [2.75, 3.05) is 11.9 Å². The van der Waals surface area contributed by atoms with Crippen LogP contribution < -0.4 is 5.32 Å². The largest absolute Gasteiger partial charge is 0.361 e. The summed E-state index contributed by atoms with van der Waals surface area (Å²) in [6.07, 6.45) is 3.77. The lowest BCUT2D eigenvalue weighted by Crippen LogP contribution is -2.13. The van der Waals surface area contributed by atoms with Crippen LogP contribution >= 0.6 is 0 Å². The summed E-state index contributed by atoms with van der Waals surface area (Å²) in [7, 11) is 0. The molecule has 0 atom stereocenters. The van der Waals surface area contributed by atoms with Crippen LogP contribution in [0, 0.1) is 19.8 Å². The van der Waals surface area contributed by atoms with Gasteiger partial charge in [0.15, 0.2) is 0 Å². The van der Waals surface area contributed by atoms with Crippen molar-refractivity contribution >= 4 is 5.95 Å². The molecular formula is C13H20N4O. The summed E-state index contributed by atoms with van der Waals surface area (Å²) in [5.41, 5.74) is 2.07. The van der Waals surface area contributed by atoms with Gasteiger partial charge in [-0.2, -0.15) is 0 Å². The van der Waals surface area contributed by atoms with Crippen LogP contribution in [-0.2, 0) is 6.54 Å². The van der Waals surface area contributed by atoms with Crippen molar-refractivity contribution in [2.45, 2.75) is 34.2 Å². The highest BCUT2D eigenvalue weighted by molar-refractivity contribution is 5.29. The highest BCUT2D eigenvalue weighted by atomic mass is 16.5. The number of aryl methyl sites for hydroxylation is 2. The van der Waals surface area contributed by atoms with Gasteiger partial charge in [0.05, 0.1) is 12.2 Å². The van der Waals surface area contributed by atoms with Crippen LogP contribution in [0.25, 0.3) is 0 Å². The van der Waals surface area contributed by atoms with Crippen LogP contribution in [0.2, 0.25) is 0 Å². The molecule has 1 N–H and O–H groups in total. The molecule has 0 amide bonds. The standard InChI is InChI=1S/C13H20N4O/c1-9(2)7-15-13-14-5-6-17(13)8-12-10(3)16-18-11(12)4/h5-6,9H,7-8H2,1-4H3,(H,14,15). The molecule has 98 valence electrons. The zero-order chi connectivity index (χ0) is 13.1. The predicted molar refractivity (Wildman–Crippen MR) is 70.6 cm³/mol. The number of nitrogens with one attached hydrogen (secondary N) is 1. The van der Waals surface area contributed by atoms with Gasteiger partial charge < -0.3 is 14.4 Å². The predicted octanol–water partition coefficient (Wildman–Crippen LogP) is 2.60. The van der Waals surface area contributed by atoms with E-state index in [1.165, 1.54) is 0 Å². The van der Waals surface area contributed by atoms with E-state index < -0.39 is 0 Å². The summed E-state index contributed by atoms with van der Waals surface area (Å²) >= 11 is 0. The number of rotatable bonds is 5. The van der Waals surface area contributed by atoms with Crippen molar-refractivity contribution in [3.05, 3.63) is 29.4 Å². The first kappa shape index (κ1) is 12.7. The molecule has 0 bridgehead atoms. The Balaban J connectivity index is 2.12. The molecule has 0 unspecified atom stereocenters. The number of hydrogen-bond donors (Lipinski definition) is 1. The number of hydrogen-bond acceptors (Lipinski definition) is 4. The maximum absolute atomic E-state index is 5.18. The molecule has 0 saturated carbocycles. The average molecular weight is 248 g/mol. The fraction of sp³-hybridized carbons (Fsp3) is 0.538. The second-order valence-electron chi connectivity index (χ2n) is 4.96. The Kier molecular flexibility index (Phi) is 3.69. The van der Waals surface area contributed by atoms with Crippen LogP contribution in [0.4, 0.5) is 5.95 Å². The lowest BCUT2D eigenvalue weighted by Gasteiger charge is -2.11. The van der Waals surface area contributed by atoms with Crippen molar-refractivity contribution in [1.29, 1.82) is 0 Å². The average Bonchev–Trinajstić information content (AvgIpc) is 2.88. The molecule has 18 heavy (non-hydrogen) atoms. The van der Waals surface area contributed by atoms with Gasteiger partial charge in [-0.25, -0.2) is 4.98 Å². The maximum Gasteiger partial charge on any atom is 0.203 e. The summed E-state index contributed by atoms with van der Waals surface area (Å²) < 4.78 is 7.26. The number of anilines is 1. The minimum Gasteiger partial charge on any atom is -0.361 e. The van der Waals surface area contributed by atoms with E-state index in [1.54, 1.807) is 6.20 Å². The fourth-order valence-electron chi connectivity index (χ4n) is 1.80. The molecule has 0 aliphatic carbocycles. The molecule has 0 aliphatic heterocycles. The Morgan fingerprint density at radius 1 is 1.39 bits per heavy atom. The summed E-state index contributed by atoms with van der Waals surface area (Å²) in [6, 6.07) is 0. The monoisotopic (exact) mass is 248 g/mol. The zero-order valence-electron chi connectivity index (χ0n) is 11.4. The van der Waals surface area contributed by atoms with Gasteiger partial charge in [0.1, 0.15) is 5.76 Å². The van der Waals surface area contributed by atoms with Gasteiger partial charge >= 0.3 is 0 Å². The van der Waals surface area contributed by atoms with Crippen molar-refractivity contribution < 1.29 is 4.52 Å². The highest BCUT2D eigenvalue weighted by Gasteiger charge is 2.11. The molecule has 2 rings (SSSR count). The normalized spacial score (nSPS) is 11.2. The van der Waals surface area contributed by atoms with E-state index >= 15 is 0 Å². The minimum atomic E-state index is 0.592. The smallest absolute Gasteiger partial charge is 0.203 e. The van der Waals surface area contributed by atoms with Gasteiger partial charge in [-0.1, -0.05) is 19.0 Å². The third kappa shape index (κ3) is 2.72. The molecule has 0 spiro atoms. The van der Waals surface area contributed by atoms with Gasteiger partial charge in [0.2, 0.25) is 5.95 Å². The molecule has 5 nitrogen and oxygen atoms in total. The Labute approximate surface area is 107 Å². The number of imidazole rings is 1. The topological polar surface area (TPSA) is 55.9 Å². The summed E-state index contributed by atoms with van der Waals surface area (Å²) in [5, 5.41) is 7.32. The van der Waals surface area contributed by atoms with Crippen molar-refractivity contribution in [3.63, 3.8) is 0 Å². The third-order valence-corrected chi connectivity index (χ3v) is 2.89. The number of nitrogens with zero attached hydrogens (tertiary/aromatic N) is 3. The first-order valence-corrected chi connectivity index (χ1v) is 6.24. The molecule has 2 heterocycles. The second-order valence-corrected chi connectivity index (χ2v) is 4.96. The Morgan fingerprint density at radius 2 is 2.17 bits per heavy atom. The van der Waals surface area contributed by atoms with Gasteiger partial charge in [-0.15, -0.1) is 0 Å². The molecule has 2 aromatic rings. The van der Waals surface area contributed by atoms with Crippen molar-refractivity contribution in [3.8, 4) is 0 Å². The third-order valence-electron chi connectivity index (χ3n) is 2.89. The van der Waals surface area contributed by atoms with E-state index in [9.17, 15) is 0 Å². The number of aromatic nitrogens is 3. The molecule has 0 aromatic carbocycles. The maximum atomic E-state index is 5.18. The van der Waals surface area contributed by atoms with Crippen LogP contribution in [-0.4, -0.2) is 21.3 Å². The van der Waals surface area contributed by atoms with Crippen LogP contribution in [0.5, 0.6) is 0 Å². The lowest BCUT2D eigenvalue weighted by atomic mass is 10.2. The molecule has 0 aliphatic rings. The quantitative estimate of drug-likeness (QED) is 0.883. The molecule has 0 radical (unpaired) electrons. The molecule has 2 aromatic heterocycles. The van der Waals surface area contributed by atoms with Crippen LogP contribution in [0.15, 0.2) is 16.9 Å². The zero-order valence-corrected chi connectivity index (χ0v) is 11.4. The lowest BCUT2D eigenvalue weighted by molar-refractivity contribution is 0.392. The summed E-state index contributed by atoms with van der Waals surface area (Å²) in [4.78, 5) is 4.33. The van der Waals surface area contributed by atoms with E-state index in [-0.39, 0.29) is 0 Å². The fourth-order valence-corrected chi connectivity index (χ4v) is 1.80. The van der Waals surface area contributed by atoms with E-state index in [1.807, 2.05) is 20.0 Å². The van der Waals surface area contributed by atoms with E-state index in [2.05, 4.69) is 33.9 Å². The van der Waals surface area contributed by atoms with Crippen LogP contribution in [0.1, 0.15) is 30.9 Å². The van der Waals surface area contributed by atoms with E-state index in [0.717, 1.165) is 36.1 Å². The van der Waals surface area contributed by atoms with Crippen molar-refractivity contribution in [2.24, 2.45) is 5.92 Å². The summed E-state index contributed by atoms with van der Waals surface area (Å²) in [6.45, 7) is 9.90. The highest BCUT2D eigenvalue weighted by Crippen LogP contribution is 2.16. The van der Waals surface area contributed by atoms with E-state index in [4.69, 9.17) is 4.52 Å².